The number of amides is 1. The molecule has 0 aliphatic rings. The van der Waals surface area contributed by atoms with Gasteiger partial charge in [0.05, 0.1) is 35.6 Å². The van der Waals surface area contributed by atoms with Crippen LogP contribution in [0.5, 0.6) is 5.75 Å². The number of ketones is 1. The zero-order valence-corrected chi connectivity index (χ0v) is 24.7. The molecule has 0 heterocycles. The number of ether oxygens (including phenoxy) is 1. The van der Waals surface area contributed by atoms with Gasteiger partial charge >= 0.3 is 0 Å². The second-order valence-corrected chi connectivity index (χ2v) is 10.6. The van der Waals surface area contributed by atoms with E-state index in [2.05, 4.69) is 37.4 Å². The lowest BCUT2D eigenvalue weighted by atomic mass is 9.86. The Labute approximate surface area is 235 Å². The Bertz CT molecular complexity index is 1310. The quantitative estimate of drug-likeness (QED) is 0.0702. The summed E-state index contributed by atoms with van der Waals surface area (Å²) in [5.74, 6) is 5.79. The molecule has 2 rings (SSSR count). The summed E-state index contributed by atoms with van der Waals surface area (Å²) in [6, 6.07) is 9.07. The average Bonchev–Trinajstić information content (AvgIpc) is 2.86. The smallest absolute Gasteiger partial charge is 0.255 e. The number of nitrogens with one attached hydrogen (secondary N) is 3. The fourth-order valence-corrected chi connectivity index (χ4v) is 4.01. The number of anilines is 3. The summed E-state index contributed by atoms with van der Waals surface area (Å²) in [6.45, 7) is 13.3. The highest BCUT2D eigenvalue weighted by molar-refractivity contribution is 7.99. The van der Waals surface area contributed by atoms with Crippen molar-refractivity contribution in [3.8, 4) is 5.75 Å². The molecular formula is C28H39N7O3S. The molecule has 0 unspecified atom stereocenters. The normalized spacial score (nSPS) is 11.5. The number of carbonyl (C=O) groups is 2. The van der Waals surface area contributed by atoms with Gasteiger partial charge in [-0.1, -0.05) is 45.4 Å². The van der Waals surface area contributed by atoms with Crippen LogP contribution in [0.3, 0.4) is 0 Å². The molecule has 2 aromatic carbocycles. The molecule has 39 heavy (non-hydrogen) atoms. The predicted octanol–water partition coefficient (Wildman–Crippen LogP) is 4.74. The summed E-state index contributed by atoms with van der Waals surface area (Å²) in [4.78, 5) is 26.2. The number of benzene rings is 2. The number of hydrogen-bond donors (Lipinski definition) is 5. The number of nitrogens with two attached hydrogens (primary N) is 2. The number of nitrogens with zero attached hydrogens (tertiary/aromatic N) is 2. The van der Waals surface area contributed by atoms with Gasteiger partial charge in [-0.2, -0.15) is 0 Å². The molecule has 0 saturated heterocycles. The zero-order chi connectivity index (χ0) is 29.7. The third kappa shape index (κ3) is 7.55. The molecule has 0 atom stereocenters. The van der Waals surface area contributed by atoms with E-state index in [9.17, 15) is 9.59 Å². The highest BCUT2D eigenvalue weighted by atomic mass is 32.2. The number of hydrazine groups is 1. The second kappa shape index (κ2) is 12.7. The van der Waals surface area contributed by atoms with Crippen molar-refractivity contribution in [3.63, 3.8) is 0 Å². The van der Waals surface area contributed by atoms with E-state index < -0.39 is 5.78 Å². The van der Waals surface area contributed by atoms with E-state index in [1.807, 2.05) is 25.3 Å². The first-order valence-corrected chi connectivity index (χ1v) is 13.3. The zero-order valence-electron chi connectivity index (χ0n) is 23.9. The van der Waals surface area contributed by atoms with E-state index >= 15 is 0 Å². The third-order valence-electron chi connectivity index (χ3n) is 6.05. The number of Topliss-reactive ketones (excluding diaryl/α,β-unsaturated/α-hetero) is 1. The molecule has 0 aliphatic heterocycles. The fraction of sp³-hybridized carbons (Fsp3) is 0.321. The number of amidine groups is 1. The highest BCUT2D eigenvalue weighted by Gasteiger charge is 2.22. The van der Waals surface area contributed by atoms with Crippen LogP contribution in [0.1, 0.15) is 49.2 Å². The minimum Gasteiger partial charge on any atom is -0.492 e. The third-order valence-corrected chi connectivity index (χ3v) is 6.48. The predicted molar refractivity (Wildman–Crippen MR) is 162 cm³/mol. The van der Waals surface area contributed by atoms with Gasteiger partial charge in [0.2, 0.25) is 0 Å². The van der Waals surface area contributed by atoms with Gasteiger partial charge in [-0.3, -0.25) is 20.0 Å². The van der Waals surface area contributed by atoms with Gasteiger partial charge in [0.15, 0.2) is 17.4 Å². The summed E-state index contributed by atoms with van der Waals surface area (Å²) in [6.07, 6.45) is 3.34. The first-order valence-electron chi connectivity index (χ1n) is 12.1. The Morgan fingerprint density at radius 2 is 1.79 bits per heavy atom. The van der Waals surface area contributed by atoms with Crippen molar-refractivity contribution in [2.24, 2.45) is 11.6 Å². The van der Waals surface area contributed by atoms with Gasteiger partial charge in [0.1, 0.15) is 0 Å². The summed E-state index contributed by atoms with van der Waals surface area (Å²) in [5.41, 5.74) is 10.4. The Morgan fingerprint density at radius 3 is 2.33 bits per heavy atom. The van der Waals surface area contributed by atoms with Crippen molar-refractivity contribution >= 4 is 46.5 Å². The van der Waals surface area contributed by atoms with Crippen LogP contribution in [0.15, 0.2) is 54.5 Å². The lowest BCUT2D eigenvalue weighted by molar-refractivity contribution is -0.111. The van der Waals surface area contributed by atoms with Crippen LogP contribution in [0.2, 0.25) is 0 Å². The number of methoxy groups -OCH3 is 1. The second-order valence-electron chi connectivity index (χ2n) is 10.0. The minimum atomic E-state index is -0.424. The molecule has 0 spiro atoms. The van der Waals surface area contributed by atoms with Gasteiger partial charge in [0.25, 0.3) is 5.91 Å². The molecule has 0 fully saturated rings. The molecule has 0 saturated carbocycles. The monoisotopic (exact) mass is 553 g/mol. The van der Waals surface area contributed by atoms with E-state index in [0.29, 0.717) is 22.7 Å². The van der Waals surface area contributed by atoms with Crippen molar-refractivity contribution in [1.29, 1.82) is 5.41 Å². The molecular weight excluding hydrogens is 514 g/mol. The van der Waals surface area contributed by atoms with Crippen molar-refractivity contribution in [2.75, 3.05) is 35.5 Å². The van der Waals surface area contributed by atoms with E-state index in [0.717, 1.165) is 16.8 Å². The van der Waals surface area contributed by atoms with Crippen molar-refractivity contribution in [3.05, 3.63) is 71.2 Å². The van der Waals surface area contributed by atoms with E-state index in [-0.39, 0.29) is 28.6 Å². The molecule has 0 aromatic heterocycles. The lowest BCUT2D eigenvalue weighted by Gasteiger charge is -2.24. The van der Waals surface area contributed by atoms with Gasteiger partial charge in [-0.15, -0.1) is 0 Å². The van der Waals surface area contributed by atoms with Crippen LogP contribution in [0.4, 0.5) is 17.1 Å². The van der Waals surface area contributed by atoms with Gasteiger partial charge < -0.3 is 25.4 Å². The van der Waals surface area contributed by atoms with Crippen molar-refractivity contribution in [1.82, 2.24) is 4.90 Å². The van der Waals surface area contributed by atoms with Crippen LogP contribution < -0.4 is 31.4 Å². The molecule has 0 bridgehead atoms. The molecule has 2 aromatic rings. The maximum atomic E-state index is 13.4. The van der Waals surface area contributed by atoms with Crippen molar-refractivity contribution < 1.29 is 14.3 Å². The first-order chi connectivity index (χ1) is 18.1. The first kappa shape index (κ1) is 31.3. The Kier molecular flexibility index (Phi) is 10.2. The van der Waals surface area contributed by atoms with Gasteiger partial charge in [-0.05, 0) is 47.7 Å². The summed E-state index contributed by atoms with van der Waals surface area (Å²) < 4.78 is 8.87. The van der Waals surface area contributed by atoms with Crippen LogP contribution in [-0.2, 0) is 10.2 Å². The Balaban J connectivity index is 2.42. The molecule has 7 N–H and O–H groups in total. The van der Waals surface area contributed by atoms with Gasteiger partial charge in [-0.25, -0.2) is 5.84 Å². The number of hydrogen-bond acceptors (Lipinski definition) is 9. The molecule has 1 amide bonds. The summed E-state index contributed by atoms with van der Waals surface area (Å²) >= 11 is 1.43. The van der Waals surface area contributed by atoms with E-state index in [1.54, 1.807) is 25.3 Å². The molecule has 0 radical (unpaired) electrons. The topological polar surface area (TPSA) is 150 Å². The number of aryl methyl sites for hydroxylation is 1. The highest BCUT2D eigenvalue weighted by Crippen LogP contribution is 2.39. The van der Waals surface area contributed by atoms with E-state index in [1.165, 1.54) is 42.0 Å². The van der Waals surface area contributed by atoms with E-state index in [4.69, 9.17) is 21.7 Å². The summed E-state index contributed by atoms with van der Waals surface area (Å²) in [7, 11) is 3.08. The number of likely N-dealkylation sites (N-methyl/N-ethyl adjacent to an activating group) is 1. The standard InChI is InChI=1S/C28H39N7O3S/c1-16-10-11-19(12-24(16)35(31)15-21(29)17(2)34(7)26(30)18(3)36)27(37)32-22-13-20(28(4,5)6)14-23(33-39-9)25(22)38-8/h10-15,30,33H,2,29,31H2,1,3-9H3,(H,32,37)/b21-15-,30-26?. The van der Waals surface area contributed by atoms with Crippen LogP contribution >= 0.6 is 11.9 Å². The van der Waals surface area contributed by atoms with Gasteiger partial charge in [0, 0.05) is 32.0 Å². The molecule has 210 valence electrons. The molecule has 10 nitrogen and oxygen atoms in total. The number of rotatable bonds is 10. The van der Waals surface area contributed by atoms with Crippen LogP contribution in [-0.4, -0.2) is 42.8 Å². The largest absolute Gasteiger partial charge is 0.492 e. The number of carbonyl (C=O) groups excluding carboxylic acids is 2. The van der Waals surface area contributed by atoms with Crippen LogP contribution in [0.25, 0.3) is 0 Å². The maximum absolute atomic E-state index is 13.4. The fourth-order valence-electron chi connectivity index (χ4n) is 3.64. The average molecular weight is 554 g/mol. The summed E-state index contributed by atoms with van der Waals surface area (Å²) in [5, 5.41) is 12.1. The SMILES string of the molecule is C=C(/C(N)=C/N(N)c1cc(C(=O)Nc2cc(C(C)(C)C)cc(NSC)c2OC)ccc1C)N(C)C(=N)C(C)=O. The molecule has 0 aliphatic carbocycles. The van der Waals surface area contributed by atoms with Crippen LogP contribution in [0, 0.1) is 12.3 Å². The Hall–Kier alpha value is -3.96. The minimum absolute atomic E-state index is 0.151. The molecule has 11 heteroatoms. The maximum Gasteiger partial charge on any atom is 0.255 e. The lowest BCUT2D eigenvalue weighted by Crippen LogP contribution is -2.34. The van der Waals surface area contributed by atoms with Crippen molar-refractivity contribution in [2.45, 2.75) is 40.0 Å². The Morgan fingerprint density at radius 1 is 1.18 bits per heavy atom.